The zero-order valence-electron chi connectivity index (χ0n) is 14.7. The quantitative estimate of drug-likeness (QED) is 0.604. The molecule has 0 fully saturated rings. The van der Waals surface area contributed by atoms with Gasteiger partial charge in [0, 0.05) is 0 Å². The highest BCUT2D eigenvalue weighted by Crippen LogP contribution is 2.36. The lowest BCUT2D eigenvalue weighted by molar-refractivity contribution is 0.468. The summed E-state index contributed by atoms with van der Waals surface area (Å²) >= 11 is 0. The van der Waals surface area contributed by atoms with Crippen LogP contribution in [-0.4, -0.2) is 0 Å². The summed E-state index contributed by atoms with van der Waals surface area (Å²) in [5.41, 5.74) is 4.11. The Balaban J connectivity index is 2.37. The molecular weight excluding hydrogens is 268 g/mol. The van der Waals surface area contributed by atoms with E-state index in [4.69, 9.17) is 4.74 Å². The van der Waals surface area contributed by atoms with Crippen LogP contribution in [0.5, 0.6) is 11.5 Å². The first kappa shape index (κ1) is 16.6. The van der Waals surface area contributed by atoms with Crippen molar-refractivity contribution in [3.63, 3.8) is 0 Å². The Morgan fingerprint density at radius 1 is 1.00 bits per heavy atom. The van der Waals surface area contributed by atoms with Crippen molar-refractivity contribution in [1.82, 2.24) is 0 Å². The van der Waals surface area contributed by atoms with Crippen molar-refractivity contribution < 1.29 is 4.74 Å². The van der Waals surface area contributed by atoms with Gasteiger partial charge in [0.1, 0.15) is 11.5 Å². The molecule has 0 atom stereocenters. The second kappa shape index (κ2) is 6.56. The Kier molecular flexibility index (Phi) is 4.95. The summed E-state index contributed by atoms with van der Waals surface area (Å²) in [6.07, 6.45) is 1.13. The van der Waals surface area contributed by atoms with Gasteiger partial charge < -0.3 is 4.74 Å². The van der Waals surface area contributed by atoms with E-state index in [0.29, 0.717) is 5.92 Å². The zero-order chi connectivity index (χ0) is 16.3. The fraction of sp³-hybridized carbons (Fsp3) is 0.429. The average Bonchev–Trinajstić information content (AvgIpc) is 2.49. The molecule has 0 amide bonds. The summed E-state index contributed by atoms with van der Waals surface area (Å²) in [7, 11) is 0. The van der Waals surface area contributed by atoms with E-state index in [-0.39, 0.29) is 5.41 Å². The third kappa shape index (κ3) is 3.71. The van der Waals surface area contributed by atoms with Crippen molar-refractivity contribution >= 4 is 0 Å². The number of hydrogen-bond donors (Lipinski definition) is 0. The minimum atomic E-state index is 0.200. The molecule has 22 heavy (non-hydrogen) atoms. The second-order valence-corrected chi connectivity index (χ2v) is 7.06. The molecule has 0 aromatic heterocycles. The number of benzene rings is 2. The summed E-state index contributed by atoms with van der Waals surface area (Å²) in [5, 5.41) is 0. The molecule has 0 spiro atoms. The summed E-state index contributed by atoms with van der Waals surface area (Å²) in [4.78, 5) is 0. The molecule has 0 heterocycles. The third-order valence-electron chi connectivity index (χ3n) is 4.55. The first-order valence-corrected chi connectivity index (χ1v) is 8.22. The zero-order valence-corrected chi connectivity index (χ0v) is 14.7. The largest absolute Gasteiger partial charge is 0.457 e. The maximum atomic E-state index is 6.13. The van der Waals surface area contributed by atoms with E-state index < -0.39 is 0 Å². The number of rotatable bonds is 5. The van der Waals surface area contributed by atoms with Gasteiger partial charge >= 0.3 is 0 Å². The van der Waals surface area contributed by atoms with E-state index in [0.717, 1.165) is 17.9 Å². The van der Waals surface area contributed by atoms with Crippen LogP contribution in [0.4, 0.5) is 0 Å². The molecule has 0 radical (unpaired) electrons. The van der Waals surface area contributed by atoms with Crippen molar-refractivity contribution in [1.29, 1.82) is 0 Å². The van der Waals surface area contributed by atoms with Gasteiger partial charge in [-0.05, 0) is 54.0 Å². The summed E-state index contributed by atoms with van der Waals surface area (Å²) in [6, 6.07) is 14.9. The van der Waals surface area contributed by atoms with E-state index in [1.165, 1.54) is 16.7 Å². The van der Waals surface area contributed by atoms with Gasteiger partial charge in [0.15, 0.2) is 0 Å². The summed E-state index contributed by atoms with van der Waals surface area (Å²) in [5.74, 6) is 2.30. The van der Waals surface area contributed by atoms with Crippen molar-refractivity contribution in [2.24, 2.45) is 0 Å². The smallest absolute Gasteiger partial charge is 0.130 e. The first-order chi connectivity index (χ1) is 10.3. The van der Waals surface area contributed by atoms with Gasteiger partial charge in [-0.25, -0.2) is 0 Å². The highest BCUT2D eigenvalue weighted by molar-refractivity contribution is 5.44. The van der Waals surface area contributed by atoms with Gasteiger partial charge in [-0.3, -0.25) is 0 Å². The molecule has 1 heteroatoms. The minimum Gasteiger partial charge on any atom is -0.457 e. The van der Waals surface area contributed by atoms with Crippen LogP contribution in [0.15, 0.2) is 42.5 Å². The topological polar surface area (TPSA) is 9.23 Å². The molecule has 2 aromatic rings. The van der Waals surface area contributed by atoms with E-state index in [9.17, 15) is 0 Å². The second-order valence-electron chi connectivity index (χ2n) is 7.06. The lowest BCUT2D eigenvalue weighted by atomic mass is 9.80. The van der Waals surface area contributed by atoms with Crippen molar-refractivity contribution in [3.8, 4) is 11.5 Å². The molecule has 0 aliphatic heterocycles. The third-order valence-corrected chi connectivity index (χ3v) is 4.55. The highest BCUT2D eigenvalue weighted by Gasteiger charge is 2.20. The standard InChI is InChI=1S/C21H28O/c1-7-21(5,6)17-10-13-20(19(14-17)15(2)3)22-18-11-8-16(4)9-12-18/h8-15H,7H2,1-6H3. The Labute approximate surface area is 135 Å². The number of ether oxygens (including phenoxy) is 1. The van der Waals surface area contributed by atoms with Crippen molar-refractivity contribution in [3.05, 3.63) is 59.2 Å². The van der Waals surface area contributed by atoms with Gasteiger partial charge in [-0.1, -0.05) is 64.4 Å². The molecule has 0 unspecified atom stereocenters. The van der Waals surface area contributed by atoms with Crippen molar-refractivity contribution in [2.45, 2.75) is 59.3 Å². The van der Waals surface area contributed by atoms with Gasteiger partial charge in [0.05, 0.1) is 0 Å². The molecule has 0 aliphatic carbocycles. The Morgan fingerprint density at radius 2 is 1.64 bits per heavy atom. The SMILES string of the molecule is CCC(C)(C)c1ccc(Oc2ccc(C)cc2)c(C(C)C)c1. The minimum absolute atomic E-state index is 0.200. The number of aryl methyl sites for hydroxylation is 1. The van der Waals surface area contributed by atoms with Crippen molar-refractivity contribution in [2.75, 3.05) is 0 Å². The average molecular weight is 296 g/mol. The van der Waals surface area contributed by atoms with Crippen LogP contribution in [-0.2, 0) is 5.41 Å². The molecule has 0 saturated carbocycles. The van der Waals surface area contributed by atoms with E-state index in [1.807, 2.05) is 12.1 Å². The van der Waals surface area contributed by atoms with Crippen LogP contribution in [0.3, 0.4) is 0 Å². The van der Waals surface area contributed by atoms with Crippen LogP contribution in [0.2, 0.25) is 0 Å². The van der Waals surface area contributed by atoms with Crippen LogP contribution >= 0.6 is 0 Å². The van der Waals surface area contributed by atoms with E-state index in [1.54, 1.807) is 0 Å². The Morgan fingerprint density at radius 3 is 2.18 bits per heavy atom. The van der Waals surface area contributed by atoms with E-state index in [2.05, 4.69) is 71.9 Å². The molecule has 2 rings (SSSR count). The lowest BCUT2D eigenvalue weighted by Crippen LogP contribution is -2.16. The molecule has 0 bridgehead atoms. The predicted octanol–water partition coefficient (Wildman–Crippen LogP) is 6.60. The molecule has 118 valence electrons. The molecule has 0 saturated heterocycles. The fourth-order valence-corrected chi connectivity index (χ4v) is 2.45. The molecule has 0 N–H and O–H groups in total. The monoisotopic (exact) mass is 296 g/mol. The van der Waals surface area contributed by atoms with Gasteiger partial charge in [0.25, 0.3) is 0 Å². The fourth-order valence-electron chi connectivity index (χ4n) is 2.45. The summed E-state index contributed by atoms with van der Waals surface area (Å²) < 4.78 is 6.13. The Hall–Kier alpha value is -1.76. The predicted molar refractivity (Wildman–Crippen MR) is 95.1 cm³/mol. The molecule has 0 aliphatic rings. The maximum Gasteiger partial charge on any atom is 0.130 e. The van der Waals surface area contributed by atoms with Gasteiger partial charge in [-0.15, -0.1) is 0 Å². The lowest BCUT2D eigenvalue weighted by Gasteiger charge is -2.25. The normalized spacial score (nSPS) is 11.8. The van der Waals surface area contributed by atoms with Gasteiger partial charge in [-0.2, -0.15) is 0 Å². The summed E-state index contributed by atoms with van der Waals surface area (Å²) in [6.45, 7) is 13.4. The number of hydrogen-bond acceptors (Lipinski definition) is 1. The highest BCUT2D eigenvalue weighted by atomic mass is 16.5. The van der Waals surface area contributed by atoms with E-state index >= 15 is 0 Å². The molecule has 1 nitrogen and oxygen atoms in total. The molecule has 2 aromatic carbocycles. The van der Waals surface area contributed by atoms with Gasteiger partial charge in [0.2, 0.25) is 0 Å². The molecular formula is C21H28O. The first-order valence-electron chi connectivity index (χ1n) is 8.22. The van der Waals surface area contributed by atoms with Crippen LogP contribution in [0.25, 0.3) is 0 Å². The Bertz CT molecular complexity index is 621. The van der Waals surface area contributed by atoms with Crippen LogP contribution in [0.1, 0.15) is 63.6 Å². The maximum absolute atomic E-state index is 6.13. The van der Waals surface area contributed by atoms with Crippen LogP contribution < -0.4 is 4.74 Å². The van der Waals surface area contributed by atoms with Crippen LogP contribution in [0, 0.1) is 6.92 Å².